The highest BCUT2D eigenvalue weighted by Crippen LogP contribution is 2.15. The van der Waals surface area contributed by atoms with Gasteiger partial charge in [-0.05, 0) is 42.5 Å². The minimum Gasteiger partial charge on any atom is -0.508 e. The van der Waals surface area contributed by atoms with Gasteiger partial charge in [0, 0.05) is 20.0 Å². The molecule has 0 spiro atoms. The number of rotatable bonds is 9. The molecule has 2 rings (SSSR count). The summed E-state index contributed by atoms with van der Waals surface area (Å²) in [7, 11) is 1.66. The summed E-state index contributed by atoms with van der Waals surface area (Å²) >= 11 is 0. The van der Waals surface area contributed by atoms with Gasteiger partial charge in [0.1, 0.15) is 11.5 Å². The van der Waals surface area contributed by atoms with Gasteiger partial charge in [-0.25, -0.2) is 0 Å². The van der Waals surface area contributed by atoms with Gasteiger partial charge in [0.25, 0.3) is 0 Å². The van der Waals surface area contributed by atoms with Gasteiger partial charge in [0.05, 0.1) is 6.10 Å². The van der Waals surface area contributed by atoms with Crippen LogP contribution in [0.25, 0.3) is 0 Å². The van der Waals surface area contributed by atoms with Crippen molar-refractivity contribution in [3.63, 3.8) is 0 Å². The van der Waals surface area contributed by atoms with E-state index in [0.717, 1.165) is 24.8 Å². The van der Waals surface area contributed by atoms with Crippen molar-refractivity contribution in [3.05, 3.63) is 65.7 Å². The maximum Gasteiger partial charge on any atom is 0.135 e. The molecule has 0 radical (unpaired) electrons. The summed E-state index contributed by atoms with van der Waals surface area (Å²) in [6.07, 6.45) is 3.40. The van der Waals surface area contributed by atoms with Gasteiger partial charge in [-0.15, -0.1) is 0 Å². The van der Waals surface area contributed by atoms with Crippen molar-refractivity contribution in [2.24, 2.45) is 0 Å². The lowest BCUT2D eigenvalue weighted by Crippen LogP contribution is -2.17. The Hall–Kier alpha value is -2.13. The maximum absolute atomic E-state index is 12.1. The number of carbonyl (C=O) groups excluding carboxylic acids is 1. The van der Waals surface area contributed by atoms with Crippen molar-refractivity contribution >= 4 is 5.78 Å². The van der Waals surface area contributed by atoms with E-state index in [1.807, 2.05) is 42.5 Å². The highest BCUT2D eigenvalue weighted by Gasteiger charge is 2.13. The SMILES string of the molecule is COC(CCc1ccc(O)cc1)CC(=O)CCc1ccccc1. The van der Waals surface area contributed by atoms with Crippen molar-refractivity contribution < 1.29 is 14.6 Å². The van der Waals surface area contributed by atoms with E-state index in [0.29, 0.717) is 12.8 Å². The molecule has 0 bridgehead atoms. The fraction of sp³-hybridized carbons (Fsp3) is 0.350. The molecule has 2 aromatic rings. The van der Waals surface area contributed by atoms with E-state index in [-0.39, 0.29) is 17.6 Å². The normalized spacial score (nSPS) is 12.0. The standard InChI is InChI=1S/C20H24O3/c1-23-20(14-10-17-7-11-18(21)12-8-17)15-19(22)13-9-16-5-3-2-4-6-16/h2-8,11-12,20-21H,9-10,13-15H2,1H3. The first-order valence-electron chi connectivity index (χ1n) is 8.03. The second kappa shape index (κ2) is 9.11. The molecule has 3 heteroatoms. The number of carbonyl (C=O) groups is 1. The van der Waals surface area contributed by atoms with Crippen LogP contribution in [-0.4, -0.2) is 24.1 Å². The van der Waals surface area contributed by atoms with Crippen molar-refractivity contribution in [3.8, 4) is 5.75 Å². The van der Waals surface area contributed by atoms with Crippen molar-refractivity contribution in [2.45, 2.75) is 38.2 Å². The smallest absolute Gasteiger partial charge is 0.135 e. The number of ketones is 1. The lowest BCUT2D eigenvalue weighted by Gasteiger charge is -2.14. The number of hydrogen-bond acceptors (Lipinski definition) is 3. The average Bonchev–Trinajstić information content (AvgIpc) is 2.59. The Kier molecular flexibility index (Phi) is 6.82. The molecule has 0 aliphatic heterocycles. The third-order valence-electron chi connectivity index (χ3n) is 4.02. The molecule has 0 fully saturated rings. The number of methoxy groups -OCH3 is 1. The summed E-state index contributed by atoms with van der Waals surface area (Å²) in [6, 6.07) is 17.2. The van der Waals surface area contributed by atoms with E-state index in [2.05, 4.69) is 0 Å². The van der Waals surface area contributed by atoms with Gasteiger partial charge in [-0.3, -0.25) is 4.79 Å². The Morgan fingerprint density at radius 3 is 2.30 bits per heavy atom. The first-order valence-corrected chi connectivity index (χ1v) is 8.03. The fourth-order valence-corrected chi connectivity index (χ4v) is 2.58. The Bertz CT molecular complexity index is 590. The number of phenolic OH excluding ortho intramolecular Hbond substituents is 1. The topological polar surface area (TPSA) is 46.5 Å². The predicted molar refractivity (Wildman–Crippen MR) is 91.6 cm³/mol. The molecule has 1 N–H and O–H groups in total. The average molecular weight is 312 g/mol. The van der Waals surface area contributed by atoms with E-state index in [4.69, 9.17) is 4.74 Å². The molecule has 0 saturated carbocycles. The van der Waals surface area contributed by atoms with Crippen LogP contribution >= 0.6 is 0 Å². The van der Waals surface area contributed by atoms with Gasteiger partial charge in [-0.2, -0.15) is 0 Å². The van der Waals surface area contributed by atoms with Crippen LogP contribution in [0.4, 0.5) is 0 Å². The molecular formula is C20H24O3. The molecule has 122 valence electrons. The van der Waals surface area contributed by atoms with E-state index in [9.17, 15) is 9.90 Å². The molecule has 23 heavy (non-hydrogen) atoms. The number of hydrogen-bond donors (Lipinski definition) is 1. The third kappa shape index (κ3) is 6.25. The van der Waals surface area contributed by atoms with Crippen molar-refractivity contribution in [2.75, 3.05) is 7.11 Å². The van der Waals surface area contributed by atoms with Crippen LogP contribution in [0, 0.1) is 0 Å². The molecule has 1 atom stereocenters. The second-order valence-corrected chi connectivity index (χ2v) is 5.79. The van der Waals surface area contributed by atoms with Crippen LogP contribution in [0.5, 0.6) is 5.75 Å². The minimum absolute atomic E-state index is 0.0490. The first kappa shape index (κ1) is 17.2. The number of aromatic hydroxyl groups is 1. The van der Waals surface area contributed by atoms with E-state index in [1.165, 1.54) is 5.56 Å². The molecule has 0 aliphatic carbocycles. The second-order valence-electron chi connectivity index (χ2n) is 5.79. The fourth-order valence-electron chi connectivity index (χ4n) is 2.58. The zero-order valence-corrected chi connectivity index (χ0v) is 13.6. The van der Waals surface area contributed by atoms with Crippen LogP contribution in [-0.2, 0) is 22.4 Å². The van der Waals surface area contributed by atoms with Gasteiger partial charge < -0.3 is 9.84 Å². The zero-order chi connectivity index (χ0) is 16.5. The summed E-state index contributed by atoms with van der Waals surface area (Å²) in [5.41, 5.74) is 2.33. The number of aryl methyl sites for hydroxylation is 2. The predicted octanol–water partition coefficient (Wildman–Crippen LogP) is 3.93. The van der Waals surface area contributed by atoms with Crippen molar-refractivity contribution in [1.82, 2.24) is 0 Å². The van der Waals surface area contributed by atoms with Gasteiger partial charge in [0.2, 0.25) is 0 Å². The van der Waals surface area contributed by atoms with E-state index in [1.54, 1.807) is 19.2 Å². The Labute approximate surface area is 137 Å². The number of ether oxygens (including phenoxy) is 1. The minimum atomic E-state index is -0.0490. The zero-order valence-electron chi connectivity index (χ0n) is 13.6. The largest absolute Gasteiger partial charge is 0.508 e. The molecule has 0 aliphatic rings. The maximum atomic E-state index is 12.1. The van der Waals surface area contributed by atoms with Crippen LogP contribution < -0.4 is 0 Å². The van der Waals surface area contributed by atoms with Gasteiger partial charge in [0.15, 0.2) is 0 Å². The summed E-state index contributed by atoms with van der Waals surface area (Å²) in [6.45, 7) is 0. The molecule has 1 unspecified atom stereocenters. The molecule has 0 amide bonds. The Morgan fingerprint density at radius 1 is 1.00 bits per heavy atom. The summed E-state index contributed by atoms with van der Waals surface area (Å²) in [5, 5.41) is 9.28. The molecule has 0 aromatic heterocycles. The third-order valence-corrected chi connectivity index (χ3v) is 4.02. The van der Waals surface area contributed by atoms with E-state index >= 15 is 0 Å². The summed E-state index contributed by atoms with van der Waals surface area (Å²) < 4.78 is 5.45. The Balaban J connectivity index is 1.74. The van der Waals surface area contributed by atoms with Gasteiger partial charge in [-0.1, -0.05) is 42.5 Å². The lowest BCUT2D eigenvalue weighted by atomic mass is 10.00. The van der Waals surface area contributed by atoms with Crippen LogP contribution in [0.3, 0.4) is 0 Å². The highest BCUT2D eigenvalue weighted by atomic mass is 16.5. The number of Topliss-reactive ketones (excluding diaryl/α,β-unsaturated/α-hetero) is 1. The number of benzene rings is 2. The molecule has 0 heterocycles. The van der Waals surface area contributed by atoms with Crippen LogP contribution in [0.2, 0.25) is 0 Å². The number of phenols is 1. The van der Waals surface area contributed by atoms with Crippen molar-refractivity contribution in [1.29, 1.82) is 0 Å². The van der Waals surface area contributed by atoms with E-state index < -0.39 is 0 Å². The lowest BCUT2D eigenvalue weighted by molar-refractivity contribution is -0.121. The quantitative estimate of drug-likeness (QED) is 0.763. The highest BCUT2D eigenvalue weighted by molar-refractivity contribution is 5.79. The summed E-state index contributed by atoms with van der Waals surface area (Å²) in [4.78, 5) is 12.1. The molecule has 0 saturated heterocycles. The first-order chi connectivity index (χ1) is 11.2. The Morgan fingerprint density at radius 2 is 1.65 bits per heavy atom. The van der Waals surface area contributed by atoms with Crippen LogP contribution in [0.15, 0.2) is 54.6 Å². The molecular weight excluding hydrogens is 288 g/mol. The van der Waals surface area contributed by atoms with Gasteiger partial charge >= 0.3 is 0 Å². The van der Waals surface area contributed by atoms with Crippen LogP contribution in [0.1, 0.15) is 30.4 Å². The molecule has 2 aromatic carbocycles. The molecule has 3 nitrogen and oxygen atoms in total. The monoisotopic (exact) mass is 312 g/mol. The summed E-state index contributed by atoms with van der Waals surface area (Å²) in [5.74, 6) is 0.513.